The summed E-state index contributed by atoms with van der Waals surface area (Å²) in [6.07, 6.45) is 5.80. The number of ether oxygens (including phenoxy) is 1. The molecule has 100 valence electrons. The van der Waals surface area contributed by atoms with Crippen molar-refractivity contribution in [2.45, 2.75) is 44.8 Å². The van der Waals surface area contributed by atoms with Gasteiger partial charge in [-0.2, -0.15) is 0 Å². The number of rotatable bonds is 5. The number of piperidine rings is 1. The van der Waals surface area contributed by atoms with Crippen molar-refractivity contribution < 1.29 is 4.74 Å². The third-order valence-electron chi connectivity index (χ3n) is 4.48. The van der Waals surface area contributed by atoms with Crippen molar-refractivity contribution in [2.75, 3.05) is 40.3 Å². The van der Waals surface area contributed by atoms with Crippen molar-refractivity contribution in [3.8, 4) is 0 Å². The maximum absolute atomic E-state index is 5.63. The van der Waals surface area contributed by atoms with Gasteiger partial charge in [0, 0.05) is 19.2 Å². The topological polar surface area (TPSA) is 15.7 Å². The summed E-state index contributed by atoms with van der Waals surface area (Å²) in [6, 6.07) is 0.784. The van der Waals surface area contributed by atoms with E-state index in [1.807, 2.05) is 0 Å². The monoisotopic (exact) mass is 240 g/mol. The van der Waals surface area contributed by atoms with E-state index in [1.54, 1.807) is 0 Å². The summed E-state index contributed by atoms with van der Waals surface area (Å²) >= 11 is 0. The van der Waals surface area contributed by atoms with Gasteiger partial charge in [0.25, 0.3) is 0 Å². The quantitative estimate of drug-likeness (QED) is 0.729. The maximum Gasteiger partial charge on any atom is 0.0604 e. The standard InChI is InChI=1S/C14H28N2O/c1-4-17-14-9-13(10-14)16(3)11-12-5-7-15(2)8-6-12/h12-14H,4-11H2,1-3H3. The predicted molar refractivity (Wildman–Crippen MR) is 71.3 cm³/mol. The summed E-state index contributed by atoms with van der Waals surface area (Å²) in [5.74, 6) is 0.919. The molecule has 3 heteroatoms. The van der Waals surface area contributed by atoms with Crippen LogP contribution in [-0.2, 0) is 4.74 Å². The Morgan fingerprint density at radius 2 is 1.88 bits per heavy atom. The number of nitrogens with zero attached hydrogens (tertiary/aromatic N) is 2. The van der Waals surface area contributed by atoms with Crippen molar-refractivity contribution in [1.29, 1.82) is 0 Å². The Morgan fingerprint density at radius 3 is 2.47 bits per heavy atom. The highest BCUT2D eigenvalue weighted by Gasteiger charge is 2.33. The summed E-state index contributed by atoms with van der Waals surface area (Å²) < 4.78 is 5.63. The van der Waals surface area contributed by atoms with Gasteiger partial charge in [-0.15, -0.1) is 0 Å². The minimum atomic E-state index is 0.546. The van der Waals surface area contributed by atoms with E-state index in [0.717, 1.165) is 18.6 Å². The van der Waals surface area contributed by atoms with Crippen molar-refractivity contribution >= 4 is 0 Å². The largest absolute Gasteiger partial charge is 0.378 e. The molecule has 1 aliphatic carbocycles. The van der Waals surface area contributed by atoms with Gasteiger partial charge >= 0.3 is 0 Å². The van der Waals surface area contributed by atoms with Crippen molar-refractivity contribution in [2.24, 2.45) is 5.92 Å². The van der Waals surface area contributed by atoms with Crippen LogP contribution in [0.3, 0.4) is 0 Å². The van der Waals surface area contributed by atoms with Crippen molar-refractivity contribution in [1.82, 2.24) is 9.80 Å². The van der Waals surface area contributed by atoms with E-state index in [0.29, 0.717) is 6.10 Å². The van der Waals surface area contributed by atoms with E-state index >= 15 is 0 Å². The second-order valence-corrected chi connectivity index (χ2v) is 5.89. The van der Waals surface area contributed by atoms with Crippen LogP contribution in [0.4, 0.5) is 0 Å². The van der Waals surface area contributed by atoms with Gasteiger partial charge in [-0.1, -0.05) is 0 Å². The highest BCUT2D eigenvalue weighted by atomic mass is 16.5. The molecule has 0 radical (unpaired) electrons. The van der Waals surface area contributed by atoms with Gasteiger partial charge in [0.05, 0.1) is 6.10 Å². The molecule has 2 aliphatic rings. The molecule has 0 atom stereocenters. The lowest BCUT2D eigenvalue weighted by Crippen LogP contribution is -2.48. The van der Waals surface area contributed by atoms with Gasteiger partial charge in [0.1, 0.15) is 0 Å². The number of hydrogen-bond donors (Lipinski definition) is 0. The molecule has 1 saturated heterocycles. The Labute approximate surface area is 106 Å². The third kappa shape index (κ3) is 3.67. The average Bonchev–Trinajstić information content (AvgIpc) is 2.26. The fourth-order valence-electron chi connectivity index (χ4n) is 3.07. The minimum Gasteiger partial charge on any atom is -0.378 e. The van der Waals surface area contributed by atoms with Gasteiger partial charge in [0.2, 0.25) is 0 Å². The first-order valence-electron chi connectivity index (χ1n) is 7.19. The second kappa shape index (κ2) is 6.17. The van der Waals surface area contributed by atoms with Gasteiger partial charge < -0.3 is 14.5 Å². The molecule has 0 amide bonds. The Balaban J connectivity index is 1.63. The van der Waals surface area contributed by atoms with E-state index in [-0.39, 0.29) is 0 Å². The molecule has 0 bridgehead atoms. The van der Waals surface area contributed by atoms with E-state index in [1.165, 1.54) is 45.3 Å². The first-order valence-corrected chi connectivity index (χ1v) is 7.19. The highest BCUT2D eigenvalue weighted by Crippen LogP contribution is 2.29. The van der Waals surface area contributed by atoms with Crippen LogP contribution in [0.25, 0.3) is 0 Å². The summed E-state index contributed by atoms with van der Waals surface area (Å²) in [7, 11) is 4.53. The van der Waals surface area contributed by atoms with Crippen LogP contribution in [-0.4, -0.2) is 62.3 Å². The molecule has 0 N–H and O–H groups in total. The van der Waals surface area contributed by atoms with Crippen LogP contribution < -0.4 is 0 Å². The molecule has 0 unspecified atom stereocenters. The molecule has 17 heavy (non-hydrogen) atoms. The second-order valence-electron chi connectivity index (χ2n) is 5.89. The summed E-state index contributed by atoms with van der Waals surface area (Å²) in [5, 5.41) is 0. The lowest BCUT2D eigenvalue weighted by Gasteiger charge is -2.42. The first-order chi connectivity index (χ1) is 8.19. The molecule has 2 fully saturated rings. The molecule has 0 aromatic carbocycles. The first kappa shape index (κ1) is 13.3. The normalized spacial score (nSPS) is 31.8. The zero-order valence-corrected chi connectivity index (χ0v) is 11.7. The fourth-order valence-corrected chi connectivity index (χ4v) is 3.07. The Morgan fingerprint density at radius 1 is 1.24 bits per heavy atom. The molecule has 0 spiro atoms. The van der Waals surface area contributed by atoms with Gasteiger partial charge in [-0.05, 0) is 65.7 Å². The summed E-state index contributed by atoms with van der Waals surface area (Å²) in [5.41, 5.74) is 0. The zero-order valence-electron chi connectivity index (χ0n) is 11.7. The van der Waals surface area contributed by atoms with Gasteiger partial charge in [-0.3, -0.25) is 0 Å². The molecule has 1 saturated carbocycles. The molecule has 2 rings (SSSR count). The molecular weight excluding hydrogens is 212 g/mol. The van der Waals surface area contributed by atoms with Crippen LogP contribution in [0.2, 0.25) is 0 Å². The van der Waals surface area contributed by atoms with E-state index in [9.17, 15) is 0 Å². The SMILES string of the molecule is CCOC1CC(N(C)CC2CCN(C)CC2)C1. The maximum atomic E-state index is 5.63. The number of hydrogen-bond acceptors (Lipinski definition) is 3. The van der Waals surface area contributed by atoms with Crippen LogP contribution in [0.5, 0.6) is 0 Å². The van der Waals surface area contributed by atoms with Crippen LogP contribution >= 0.6 is 0 Å². The van der Waals surface area contributed by atoms with Crippen molar-refractivity contribution in [3.05, 3.63) is 0 Å². The number of likely N-dealkylation sites (tertiary alicyclic amines) is 1. The molecular formula is C14H28N2O. The highest BCUT2D eigenvalue weighted by molar-refractivity contribution is 4.88. The lowest BCUT2D eigenvalue weighted by molar-refractivity contribution is -0.0443. The fraction of sp³-hybridized carbons (Fsp3) is 1.00. The molecule has 3 nitrogen and oxygen atoms in total. The minimum absolute atomic E-state index is 0.546. The average molecular weight is 240 g/mol. The Kier molecular flexibility index (Phi) is 4.83. The van der Waals surface area contributed by atoms with Crippen LogP contribution in [0.15, 0.2) is 0 Å². The lowest BCUT2D eigenvalue weighted by atomic mass is 9.86. The summed E-state index contributed by atoms with van der Waals surface area (Å²) in [6.45, 7) is 6.82. The van der Waals surface area contributed by atoms with Crippen LogP contribution in [0, 0.1) is 5.92 Å². The van der Waals surface area contributed by atoms with Gasteiger partial charge in [0.15, 0.2) is 0 Å². The molecule has 1 aliphatic heterocycles. The van der Waals surface area contributed by atoms with Gasteiger partial charge in [-0.25, -0.2) is 0 Å². The Bertz CT molecular complexity index is 220. The predicted octanol–water partition coefficient (Wildman–Crippen LogP) is 1.83. The van der Waals surface area contributed by atoms with E-state index in [2.05, 4.69) is 30.8 Å². The van der Waals surface area contributed by atoms with Crippen LogP contribution in [0.1, 0.15) is 32.6 Å². The van der Waals surface area contributed by atoms with Crippen molar-refractivity contribution in [3.63, 3.8) is 0 Å². The third-order valence-corrected chi connectivity index (χ3v) is 4.48. The zero-order chi connectivity index (χ0) is 12.3. The molecule has 1 heterocycles. The van der Waals surface area contributed by atoms with E-state index < -0.39 is 0 Å². The molecule has 0 aromatic rings. The Hall–Kier alpha value is -0.120. The van der Waals surface area contributed by atoms with E-state index in [4.69, 9.17) is 4.74 Å². The summed E-state index contributed by atoms with van der Waals surface area (Å²) in [4.78, 5) is 5.02. The molecule has 0 aromatic heterocycles. The smallest absolute Gasteiger partial charge is 0.0604 e.